The van der Waals surface area contributed by atoms with E-state index in [0.29, 0.717) is 0 Å². The molecule has 0 aliphatic carbocycles. The maximum absolute atomic E-state index is 11.6. The second-order valence-electron chi connectivity index (χ2n) is 4.00. The fourth-order valence-corrected chi connectivity index (χ4v) is 0.458. The van der Waals surface area contributed by atoms with Crippen LogP contribution in [-0.4, -0.2) is 25.5 Å². The SMILES string of the molecule is CC(C)(C)COC(=O)OCC(F)(F)F. The van der Waals surface area contributed by atoms with Crippen molar-refractivity contribution in [3.63, 3.8) is 0 Å². The number of hydrogen-bond acceptors (Lipinski definition) is 3. The smallest absolute Gasteiger partial charge is 0.434 e. The van der Waals surface area contributed by atoms with Crippen LogP contribution in [0.2, 0.25) is 0 Å². The third kappa shape index (κ3) is 9.15. The Morgan fingerprint density at radius 2 is 1.50 bits per heavy atom. The van der Waals surface area contributed by atoms with Crippen LogP contribution in [0.25, 0.3) is 0 Å². The average molecular weight is 214 g/mol. The van der Waals surface area contributed by atoms with Crippen molar-refractivity contribution in [2.75, 3.05) is 13.2 Å². The minimum absolute atomic E-state index is 0.0176. The molecule has 0 bridgehead atoms. The third-order valence-electron chi connectivity index (χ3n) is 0.977. The summed E-state index contributed by atoms with van der Waals surface area (Å²) in [6.45, 7) is 3.75. The van der Waals surface area contributed by atoms with Crippen LogP contribution in [-0.2, 0) is 9.47 Å². The Morgan fingerprint density at radius 3 is 1.86 bits per heavy atom. The first-order valence-electron chi connectivity index (χ1n) is 3.96. The monoisotopic (exact) mass is 214 g/mol. The number of hydrogen-bond donors (Lipinski definition) is 0. The van der Waals surface area contributed by atoms with E-state index in [-0.39, 0.29) is 12.0 Å². The summed E-state index contributed by atoms with van der Waals surface area (Å²) in [6.07, 6.45) is -5.81. The summed E-state index contributed by atoms with van der Waals surface area (Å²) >= 11 is 0. The van der Waals surface area contributed by atoms with Crippen molar-refractivity contribution < 1.29 is 27.4 Å². The molecule has 0 aliphatic heterocycles. The van der Waals surface area contributed by atoms with Crippen LogP contribution in [0, 0.1) is 5.41 Å². The van der Waals surface area contributed by atoms with Gasteiger partial charge in [0.1, 0.15) is 0 Å². The first-order valence-corrected chi connectivity index (χ1v) is 3.96. The quantitative estimate of drug-likeness (QED) is 0.663. The van der Waals surface area contributed by atoms with Crippen LogP contribution in [0.3, 0.4) is 0 Å². The number of halogens is 3. The van der Waals surface area contributed by atoms with E-state index in [2.05, 4.69) is 9.47 Å². The second kappa shape index (κ2) is 4.52. The molecular weight excluding hydrogens is 201 g/mol. The summed E-state index contributed by atoms with van der Waals surface area (Å²) in [4.78, 5) is 10.6. The third-order valence-corrected chi connectivity index (χ3v) is 0.977. The van der Waals surface area contributed by atoms with E-state index in [9.17, 15) is 18.0 Å². The number of alkyl halides is 3. The zero-order chi connectivity index (χ0) is 11.4. The summed E-state index contributed by atoms with van der Waals surface area (Å²) in [5.41, 5.74) is -0.294. The molecule has 84 valence electrons. The van der Waals surface area contributed by atoms with Crippen LogP contribution in [0.5, 0.6) is 0 Å². The summed E-state index contributed by atoms with van der Waals surface area (Å²) in [5, 5.41) is 0. The van der Waals surface area contributed by atoms with Crippen molar-refractivity contribution in [1.82, 2.24) is 0 Å². The normalized spacial score (nSPS) is 12.4. The first-order chi connectivity index (χ1) is 6.10. The Morgan fingerprint density at radius 1 is 1.07 bits per heavy atom. The molecule has 0 saturated heterocycles. The van der Waals surface area contributed by atoms with Crippen molar-refractivity contribution in [3.05, 3.63) is 0 Å². The van der Waals surface area contributed by atoms with Gasteiger partial charge in [-0.15, -0.1) is 0 Å². The molecule has 0 amide bonds. The largest absolute Gasteiger partial charge is 0.508 e. The van der Waals surface area contributed by atoms with Crippen molar-refractivity contribution in [2.45, 2.75) is 26.9 Å². The van der Waals surface area contributed by atoms with Gasteiger partial charge in [0, 0.05) is 0 Å². The molecular formula is C8H13F3O3. The molecule has 0 fully saturated rings. The number of ether oxygens (including phenoxy) is 2. The zero-order valence-corrected chi connectivity index (χ0v) is 8.27. The lowest BCUT2D eigenvalue weighted by molar-refractivity contribution is -0.166. The molecule has 3 nitrogen and oxygen atoms in total. The fourth-order valence-electron chi connectivity index (χ4n) is 0.458. The zero-order valence-electron chi connectivity index (χ0n) is 8.27. The molecule has 0 saturated carbocycles. The van der Waals surface area contributed by atoms with Crippen LogP contribution >= 0.6 is 0 Å². The number of carbonyl (C=O) groups is 1. The van der Waals surface area contributed by atoms with Gasteiger partial charge in [-0.1, -0.05) is 20.8 Å². The second-order valence-corrected chi connectivity index (χ2v) is 4.00. The maximum Gasteiger partial charge on any atom is 0.508 e. The van der Waals surface area contributed by atoms with Crippen molar-refractivity contribution in [3.8, 4) is 0 Å². The minimum Gasteiger partial charge on any atom is -0.434 e. The lowest BCUT2D eigenvalue weighted by Gasteiger charge is -2.17. The van der Waals surface area contributed by atoms with E-state index in [1.54, 1.807) is 20.8 Å². The van der Waals surface area contributed by atoms with Crippen molar-refractivity contribution in [2.24, 2.45) is 5.41 Å². The van der Waals surface area contributed by atoms with Crippen molar-refractivity contribution >= 4 is 6.16 Å². The summed E-state index contributed by atoms with van der Waals surface area (Å²) < 4.78 is 42.9. The molecule has 0 spiro atoms. The highest BCUT2D eigenvalue weighted by Crippen LogP contribution is 2.16. The highest BCUT2D eigenvalue weighted by Gasteiger charge is 2.30. The molecule has 0 atom stereocenters. The van der Waals surface area contributed by atoms with Gasteiger partial charge < -0.3 is 9.47 Å². The Labute approximate surface area is 80.2 Å². The first kappa shape index (κ1) is 13.1. The lowest BCUT2D eigenvalue weighted by atomic mass is 9.99. The lowest BCUT2D eigenvalue weighted by Crippen LogP contribution is -2.23. The maximum atomic E-state index is 11.6. The van der Waals surface area contributed by atoms with Gasteiger partial charge in [0.2, 0.25) is 0 Å². The summed E-state index contributed by atoms with van der Waals surface area (Å²) in [7, 11) is 0. The number of carbonyl (C=O) groups excluding carboxylic acids is 1. The molecule has 0 aromatic heterocycles. The Bertz CT molecular complexity index is 173. The van der Waals surface area contributed by atoms with E-state index in [1.165, 1.54) is 0 Å². The molecule has 6 heteroatoms. The van der Waals surface area contributed by atoms with E-state index in [4.69, 9.17) is 0 Å². The fraction of sp³-hybridized carbons (Fsp3) is 0.875. The number of rotatable bonds is 2. The van der Waals surface area contributed by atoms with Gasteiger partial charge in [-0.05, 0) is 5.41 Å². The molecule has 0 aliphatic rings. The Hall–Kier alpha value is -0.940. The van der Waals surface area contributed by atoms with Gasteiger partial charge in [-0.3, -0.25) is 0 Å². The predicted molar refractivity (Wildman–Crippen MR) is 42.8 cm³/mol. The van der Waals surface area contributed by atoms with Gasteiger partial charge >= 0.3 is 12.3 Å². The van der Waals surface area contributed by atoms with E-state index >= 15 is 0 Å². The molecule has 0 heterocycles. The topological polar surface area (TPSA) is 35.5 Å². The molecule has 0 unspecified atom stereocenters. The van der Waals surface area contributed by atoms with E-state index in [0.717, 1.165) is 0 Å². The van der Waals surface area contributed by atoms with Crippen LogP contribution in [0.1, 0.15) is 20.8 Å². The van der Waals surface area contributed by atoms with Crippen molar-refractivity contribution in [1.29, 1.82) is 0 Å². The van der Waals surface area contributed by atoms with Gasteiger partial charge in [0.05, 0.1) is 6.61 Å². The van der Waals surface area contributed by atoms with Gasteiger partial charge in [-0.2, -0.15) is 13.2 Å². The molecule has 14 heavy (non-hydrogen) atoms. The average Bonchev–Trinajstić information content (AvgIpc) is 1.94. The van der Waals surface area contributed by atoms with E-state index in [1.807, 2.05) is 0 Å². The molecule has 0 rings (SSSR count). The van der Waals surface area contributed by atoms with Crippen LogP contribution in [0.4, 0.5) is 18.0 Å². The summed E-state index contributed by atoms with van der Waals surface area (Å²) in [6, 6.07) is 0. The van der Waals surface area contributed by atoms with Gasteiger partial charge in [0.25, 0.3) is 0 Å². The summed E-state index contributed by atoms with van der Waals surface area (Å²) in [5.74, 6) is 0. The standard InChI is InChI=1S/C8H13F3O3/c1-7(2,3)4-13-6(12)14-5-8(9,10)11/h4-5H2,1-3H3. The molecule has 0 N–H and O–H groups in total. The van der Waals surface area contributed by atoms with Crippen LogP contribution < -0.4 is 0 Å². The predicted octanol–water partition coefficient (Wildman–Crippen LogP) is 2.75. The Balaban J connectivity index is 3.68. The Kier molecular flexibility index (Phi) is 4.22. The van der Waals surface area contributed by atoms with E-state index < -0.39 is 18.9 Å². The molecule has 0 aromatic rings. The van der Waals surface area contributed by atoms with Gasteiger partial charge in [0.15, 0.2) is 6.61 Å². The minimum atomic E-state index is -4.51. The van der Waals surface area contributed by atoms with Crippen LogP contribution in [0.15, 0.2) is 0 Å². The van der Waals surface area contributed by atoms with Gasteiger partial charge in [-0.25, -0.2) is 4.79 Å². The molecule has 0 radical (unpaired) electrons. The molecule has 0 aromatic carbocycles. The highest BCUT2D eigenvalue weighted by atomic mass is 19.4. The highest BCUT2D eigenvalue weighted by molar-refractivity contribution is 5.59.